The lowest BCUT2D eigenvalue weighted by Crippen LogP contribution is -2.01. The maximum absolute atomic E-state index is 12.8. The van der Waals surface area contributed by atoms with Gasteiger partial charge in [0.25, 0.3) is 0 Å². The van der Waals surface area contributed by atoms with Crippen molar-refractivity contribution in [2.45, 2.75) is 6.42 Å². The van der Waals surface area contributed by atoms with Crippen molar-refractivity contribution in [2.24, 2.45) is 0 Å². The second-order valence-corrected chi connectivity index (χ2v) is 4.46. The van der Waals surface area contributed by atoms with Crippen molar-refractivity contribution in [2.75, 3.05) is 0 Å². The highest BCUT2D eigenvalue weighted by molar-refractivity contribution is 6.08. The van der Waals surface area contributed by atoms with E-state index < -0.39 is 0 Å². The molecule has 0 aliphatic carbocycles. The van der Waals surface area contributed by atoms with E-state index in [-0.39, 0.29) is 11.6 Å². The maximum Gasteiger partial charge on any atom is 0.188 e. The molecule has 0 saturated heterocycles. The van der Waals surface area contributed by atoms with Crippen LogP contribution in [0.4, 0.5) is 4.39 Å². The Labute approximate surface area is 118 Å². The van der Waals surface area contributed by atoms with Crippen LogP contribution < -0.4 is 0 Å². The van der Waals surface area contributed by atoms with E-state index in [1.54, 1.807) is 0 Å². The molecular weight excluding hydrogens is 251 g/mol. The molecule has 0 amide bonds. The van der Waals surface area contributed by atoms with Gasteiger partial charge in [0.15, 0.2) is 5.78 Å². The number of allylic oxidation sites excluding steroid dienone is 2. The Bertz CT molecular complexity index is 624. The molecule has 2 heteroatoms. The second-order valence-electron chi connectivity index (χ2n) is 4.46. The molecule has 2 rings (SSSR count). The molecule has 0 aliphatic heterocycles. The first-order valence-electron chi connectivity index (χ1n) is 6.36. The van der Waals surface area contributed by atoms with Gasteiger partial charge in [0.05, 0.1) is 0 Å². The van der Waals surface area contributed by atoms with Crippen molar-refractivity contribution < 1.29 is 9.18 Å². The zero-order valence-corrected chi connectivity index (χ0v) is 11.1. The summed E-state index contributed by atoms with van der Waals surface area (Å²) in [7, 11) is 0. The number of carbonyl (C=O) groups is 1. The van der Waals surface area contributed by atoms with Gasteiger partial charge >= 0.3 is 0 Å². The lowest BCUT2D eigenvalue weighted by Gasteiger charge is -2.02. The highest BCUT2D eigenvalue weighted by Crippen LogP contribution is 2.12. The highest BCUT2D eigenvalue weighted by atomic mass is 19.1. The number of carbonyl (C=O) groups excluding carboxylic acids is 1. The average Bonchev–Trinajstić information content (AvgIpc) is 2.48. The molecule has 0 heterocycles. The number of hydrogen-bond acceptors (Lipinski definition) is 1. The van der Waals surface area contributed by atoms with Crippen LogP contribution in [0, 0.1) is 5.82 Å². The summed E-state index contributed by atoms with van der Waals surface area (Å²) in [6.45, 7) is 3.79. The first-order chi connectivity index (χ1) is 9.66. The smallest absolute Gasteiger partial charge is 0.188 e. The first-order valence-corrected chi connectivity index (χ1v) is 6.36. The second kappa shape index (κ2) is 6.62. The normalized spacial score (nSPS) is 10.7. The van der Waals surface area contributed by atoms with Crippen LogP contribution in [0.25, 0.3) is 6.08 Å². The van der Waals surface area contributed by atoms with E-state index >= 15 is 0 Å². The number of hydrogen-bond donors (Lipinski definition) is 0. The zero-order valence-electron chi connectivity index (χ0n) is 11.1. The summed E-state index contributed by atoms with van der Waals surface area (Å²) < 4.78 is 12.8. The number of ketones is 1. The molecule has 0 atom stereocenters. The van der Waals surface area contributed by atoms with Gasteiger partial charge in [-0.25, -0.2) is 4.39 Å². The quantitative estimate of drug-likeness (QED) is 0.568. The lowest BCUT2D eigenvalue weighted by atomic mass is 10.0. The minimum atomic E-state index is -0.351. The Kier molecular flexibility index (Phi) is 4.61. The van der Waals surface area contributed by atoms with Gasteiger partial charge in [-0.1, -0.05) is 49.1 Å². The van der Waals surface area contributed by atoms with Crippen molar-refractivity contribution in [3.8, 4) is 0 Å². The van der Waals surface area contributed by atoms with Gasteiger partial charge < -0.3 is 0 Å². The third-order valence-electron chi connectivity index (χ3n) is 2.90. The van der Waals surface area contributed by atoms with E-state index in [1.165, 1.54) is 24.3 Å². The predicted molar refractivity (Wildman–Crippen MR) is 80.0 cm³/mol. The summed E-state index contributed by atoms with van der Waals surface area (Å²) in [6.07, 6.45) is 4.33. The Morgan fingerprint density at radius 1 is 1.05 bits per heavy atom. The van der Waals surface area contributed by atoms with E-state index in [9.17, 15) is 9.18 Å². The van der Waals surface area contributed by atoms with Crippen LogP contribution >= 0.6 is 0 Å². The Balaban J connectivity index is 1.96. The van der Waals surface area contributed by atoms with E-state index in [1.807, 2.05) is 42.5 Å². The monoisotopic (exact) mass is 266 g/mol. The first kappa shape index (κ1) is 13.9. The largest absolute Gasteiger partial charge is 0.289 e. The van der Waals surface area contributed by atoms with Gasteiger partial charge in [0.2, 0.25) is 0 Å². The molecule has 2 aromatic rings. The molecule has 0 spiro atoms. The molecule has 0 saturated carbocycles. The molecule has 0 aromatic heterocycles. The molecule has 0 unspecified atom stereocenters. The van der Waals surface area contributed by atoms with Crippen molar-refractivity contribution in [3.05, 3.63) is 89.8 Å². The van der Waals surface area contributed by atoms with Crippen LogP contribution in [-0.4, -0.2) is 5.78 Å². The molecular formula is C18H15FO. The van der Waals surface area contributed by atoms with Gasteiger partial charge in [0, 0.05) is 5.56 Å². The molecule has 0 radical (unpaired) electrons. The molecule has 0 N–H and O–H groups in total. The van der Waals surface area contributed by atoms with Crippen molar-refractivity contribution >= 4 is 11.9 Å². The summed E-state index contributed by atoms with van der Waals surface area (Å²) in [5, 5.41) is 0. The van der Waals surface area contributed by atoms with Crippen LogP contribution in [0.15, 0.2) is 72.8 Å². The van der Waals surface area contributed by atoms with Gasteiger partial charge in [0.1, 0.15) is 5.82 Å². The van der Waals surface area contributed by atoms with E-state index in [0.717, 1.165) is 5.56 Å². The maximum atomic E-state index is 12.8. The molecule has 2 aromatic carbocycles. The Hall–Kier alpha value is -2.48. The Morgan fingerprint density at radius 3 is 2.35 bits per heavy atom. The summed E-state index contributed by atoms with van der Waals surface area (Å²) in [6, 6.07) is 15.3. The number of Topliss-reactive ketones (excluding diaryl/α,β-unsaturated/α-hetero) is 1. The van der Waals surface area contributed by atoms with Crippen LogP contribution in [0.2, 0.25) is 0 Å². The Morgan fingerprint density at radius 2 is 1.70 bits per heavy atom. The molecule has 20 heavy (non-hydrogen) atoms. The fraction of sp³-hybridized carbons (Fsp3) is 0.0556. The van der Waals surface area contributed by atoms with Crippen LogP contribution in [0.1, 0.15) is 22.3 Å². The number of rotatable bonds is 5. The van der Waals surface area contributed by atoms with Gasteiger partial charge in [-0.15, -0.1) is 0 Å². The minimum absolute atomic E-state index is 0.150. The third kappa shape index (κ3) is 3.75. The molecule has 100 valence electrons. The van der Waals surface area contributed by atoms with Crippen molar-refractivity contribution in [1.82, 2.24) is 0 Å². The summed E-state index contributed by atoms with van der Waals surface area (Å²) >= 11 is 0. The fourth-order valence-electron chi connectivity index (χ4n) is 1.80. The highest BCUT2D eigenvalue weighted by Gasteiger charge is 2.08. The standard InChI is InChI=1S/C18H15FO/c1-14(6-5-9-15-7-3-2-4-8-15)18(20)16-10-12-17(19)13-11-16/h2-5,7-13H,1,6H2/b9-5+. The SMILES string of the molecule is C=C(C/C=C/c1ccccc1)C(=O)c1ccc(F)cc1. The average molecular weight is 266 g/mol. The van der Waals surface area contributed by atoms with Crippen LogP contribution in [0.5, 0.6) is 0 Å². The minimum Gasteiger partial charge on any atom is -0.289 e. The van der Waals surface area contributed by atoms with Crippen LogP contribution in [0.3, 0.4) is 0 Å². The molecule has 0 fully saturated rings. The summed E-state index contributed by atoms with van der Waals surface area (Å²) in [5.74, 6) is -0.501. The summed E-state index contributed by atoms with van der Waals surface area (Å²) in [5.41, 5.74) is 2.03. The number of benzene rings is 2. The molecule has 0 aliphatic rings. The predicted octanol–water partition coefficient (Wildman–Crippen LogP) is 4.67. The topological polar surface area (TPSA) is 17.1 Å². The van der Waals surface area contributed by atoms with Crippen LogP contribution in [-0.2, 0) is 0 Å². The van der Waals surface area contributed by atoms with Gasteiger partial charge in [-0.3, -0.25) is 4.79 Å². The lowest BCUT2D eigenvalue weighted by molar-refractivity contribution is 0.103. The van der Waals surface area contributed by atoms with Crippen molar-refractivity contribution in [1.29, 1.82) is 0 Å². The number of halogens is 1. The summed E-state index contributed by atoms with van der Waals surface area (Å²) in [4.78, 5) is 12.0. The van der Waals surface area contributed by atoms with Gasteiger partial charge in [-0.2, -0.15) is 0 Å². The van der Waals surface area contributed by atoms with E-state index in [0.29, 0.717) is 17.6 Å². The fourth-order valence-corrected chi connectivity index (χ4v) is 1.80. The van der Waals surface area contributed by atoms with E-state index in [2.05, 4.69) is 6.58 Å². The molecule has 1 nitrogen and oxygen atoms in total. The van der Waals surface area contributed by atoms with E-state index in [4.69, 9.17) is 0 Å². The molecule has 0 bridgehead atoms. The van der Waals surface area contributed by atoms with Crippen molar-refractivity contribution in [3.63, 3.8) is 0 Å². The zero-order chi connectivity index (χ0) is 14.4. The van der Waals surface area contributed by atoms with Gasteiger partial charge in [-0.05, 0) is 41.8 Å². The third-order valence-corrected chi connectivity index (χ3v) is 2.90.